The number of hydrogen-bond acceptors (Lipinski definition) is 4. The molecular formula is C12H13F6NO4S. The Morgan fingerprint density at radius 2 is 1.46 bits per heavy atom. The highest BCUT2D eigenvalue weighted by Crippen LogP contribution is 2.37. The van der Waals surface area contributed by atoms with Crippen molar-refractivity contribution in [1.82, 2.24) is 4.31 Å². The van der Waals surface area contributed by atoms with Crippen LogP contribution in [0.25, 0.3) is 0 Å². The van der Waals surface area contributed by atoms with Crippen LogP contribution in [0.4, 0.5) is 26.3 Å². The van der Waals surface area contributed by atoms with Crippen molar-refractivity contribution >= 4 is 10.0 Å². The molecule has 0 heterocycles. The number of halogens is 6. The summed E-state index contributed by atoms with van der Waals surface area (Å²) in [4.78, 5) is -1.22. The lowest BCUT2D eigenvalue weighted by atomic mass is 10.1. The van der Waals surface area contributed by atoms with Crippen molar-refractivity contribution in [2.24, 2.45) is 0 Å². The van der Waals surface area contributed by atoms with Gasteiger partial charge >= 0.3 is 12.4 Å². The zero-order valence-electron chi connectivity index (χ0n) is 12.1. The second-order valence-corrected chi connectivity index (χ2v) is 6.91. The number of benzene rings is 1. The number of sulfonamides is 1. The molecule has 5 nitrogen and oxygen atoms in total. The fourth-order valence-electron chi connectivity index (χ4n) is 1.71. The van der Waals surface area contributed by atoms with E-state index in [0.29, 0.717) is 4.31 Å². The fraction of sp³-hybridized carbons (Fsp3) is 0.500. The molecule has 0 spiro atoms. The predicted octanol–water partition coefficient (Wildman–Crippen LogP) is 1.70. The van der Waals surface area contributed by atoms with Crippen LogP contribution in [0.2, 0.25) is 0 Å². The Bertz CT molecular complexity index is 654. The Balaban J connectivity index is 3.46. The summed E-state index contributed by atoms with van der Waals surface area (Å²) in [5, 5.41) is 17.8. The van der Waals surface area contributed by atoms with Crippen LogP contribution in [0.3, 0.4) is 0 Å². The maximum Gasteiger partial charge on any atom is 0.416 e. The van der Waals surface area contributed by atoms with E-state index < -0.39 is 57.7 Å². The van der Waals surface area contributed by atoms with Gasteiger partial charge in [0.25, 0.3) is 0 Å². The topological polar surface area (TPSA) is 77.8 Å². The van der Waals surface area contributed by atoms with Crippen molar-refractivity contribution in [2.45, 2.75) is 23.4 Å². The molecule has 1 aromatic carbocycles. The van der Waals surface area contributed by atoms with E-state index in [2.05, 4.69) is 0 Å². The molecule has 138 valence electrons. The first-order valence-electron chi connectivity index (χ1n) is 6.24. The van der Waals surface area contributed by atoms with Gasteiger partial charge in [0, 0.05) is 13.6 Å². The second-order valence-electron chi connectivity index (χ2n) is 4.86. The minimum Gasteiger partial charge on any atom is -0.394 e. The monoisotopic (exact) mass is 381 g/mol. The number of rotatable bonds is 5. The van der Waals surface area contributed by atoms with Gasteiger partial charge in [-0.15, -0.1) is 0 Å². The number of aliphatic hydroxyl groups excluding tert-OH is 2. The number of alkyl halides is 6. The molecule has 0 fully saturated rings. The van der Waals surface area contributed by atoms with Gasteiger partial charge in [0.2, 0.25) is 10.0 Å². The Kier molecular flexibility index (Phi) is 5.91. The van der Waals surface area contributed by atoms with Gasteiger partial charge in [-0.25, -0.2) is 8.42 Å². The number of hydrogen-bond donors (Lipinski definition) is 2. The molecule has 24 heavy (non-hydrogen) atoms. The molecule has 0 saturated heterocycles. The van der Waals surface area contributed by atoms with Crippen LogP contribution >= 0.6 is 0 Å². The van der Waals surface area contributed by atoms with E-state index in [1.807, 2.05) is 0 Å². The van der Waals surface area contributed by atoms with E-state index in [1.54, 1.807) is 0 Å². The van der Waals surface area contributed by atoms with Gasteiger partial charge in [-0.3, -0.25) is 0 Å². The van der Waals surface area contributed by atoms with Crippen molar-refractivity contribution in [2.75, 3.05) is 20.2 Å². The van der Waals surface area contributed by atoms with E-state index in [1.165, 1.54) is 0 Å². The molecule has 0 radical (unpaired) electrons. The molecule has 1 aromatic rings. The summed E-state index contributed by atoms with van der Waals surface area (Å²) in [6.45, 7) is -1.55. The Morgan fingerprint density at radius 3 is 1.79 bits per heavy atom. The van der Waals surface area contributed by atoms with Gasteiger partial charge in [0.05, 0.1) is 28.7 Å². The van der Waals surface area contributed by atoms with E-state index >= 15 is 0 Å². The third-order valence-electron chi connectivity index (χ3n) is 2.95. The summed E-state index contributed by atoms with van der Waals surface area (Å²) >= 11 is 0. The number of nitrogens with zero attached hydrogens (tertiary/aromatic N) is 1. The van der Waals surface area contributed by atoms with Crippen molar-refractivity contribution < 1.29 is 45.0 Å². The van der Waals surface area contributed by atoms with E-state index in [0.717, 1.165) is 7.05 Å². The minimum atomic E-state index is -5.19. The van der Waals surface area contributed by atoms with Crippen LogP contribution in [0.15, 0.2) is 23.1 Å². The molecule has 1 rings (SSSR count). The zero-order chi connectivity index (χ0) is 18.9. The smallest absolute Gasteiger partial charge is 0.394 e. The normalized spacial score (nSPS) is 14.9. The molecule has 12 heteroatoms. The predicted molar refractivity (Wildman–Crippen MR) is 69.4 cm³/mol. The molecule has 0 saturated carbocycles. The number of likely N-dealkylation sites (N-methyl/N-ethyl adjacent to an activating group) is 1. The van der Waals surface area contributed by atoms with Gasteiger partial charge in [-0.05, 0) is 18.2 Å². The van der Waals surface area contributed by atoms with Gasteiger partial charge in [0.1, 0.15) is 0 Å². The molecule has 0 bridgehead atoms. The van der Waals surface area contributed by atoms with Crippen LogP contribution in [-0.4, -0.2) is 49.2 Å². The third kappa shape index (κ3) is 4.82. The first kappa shape index (κ1) is 20.7. The van der Waals surface area contributed by atoms with Gasteiger partial charge in [0.15, 0.2) is 0 Å². The summed E-state index contributed by atoms with van der Waals surface area (Å²) < 4.78 is 101. The van der Waals surface area contributed by atoms with Crippen LogP contribution in [0.5, 0.6) is 0 Å². The van der Waals surface area contributed by atoms with Crippen molar-refractivity contribution in [3.63, 3.8) is 0 Å². The van der Waals surface area contributed by atoms with Crippen molar-refractivity contribution in [3.05, 3.63) is 29.3 Å². The average molecular weight is 381 g/mol. The molecule has 0 aromatic heterocycles. The van der Waals surface area contributed by atoms with Crippen LogP contribution in [-0.2, 0) is 22.4 Å². The quantitative estimate of drug-likeness (QED) is 0.762. The Hall–Kier alpha value is -1.37. The molecule has 0 amide bonds. The first-order valence-corrected chi connectivity index (χ1v) is 7.68. The first-order chi connectivity index (χ1) is 10.7. The van der Waals surface area contributed by atoms with E-state index in [9.17, 15) is 39.9 Å². The van der Waals surface area contributed by atoms with Crippen molar-refractivity contribution in [1.29, 1.82) is 0 Å². The minimum absolute atomic E-state index is 0.0758. The fourth-order valence-corrected chi connectivity index (χ4v) is 2.99. The van der Waals surface area contributed by atoms with E-state index in [-0.39, 0.29) is 18.2 Å². The summed E-state index contributed by atoms with van der Waals surface area (Å²) in [5.74, 6) is 0. The lowest BCUT2D eigenvalue weighted by molar-refractivity contribution is -0.143. The lowest BCUT2D eigenvalue weighted by Crippen LogP contribution is -2.36. The zero-order valence-corrected chi connectivity index (χ0v) is 12.9. The molecule has 1 unspecified atom stereocenters. The highest BCUT2D eigenvalue weighted by atomic mass is 32.2. The molecule has 0 aliphatic carbocycles. The standard InChI is InChI=1S/C12H13F6NO4S/c1-19(5-9(21)6-20)24(22,23)10-3-7(11(13,14)15)2-8(4-10)12(16,17)18/h2-4,9,20-21H,5-6H2,1H3. The third-order valence-corrected chi connectivity index (χ3v) is 4.75. The average Bonchev–Trinajstić information content (AvgIpc) is 2.44. The van der Waals surface area contributed by atoms with Gasteiger partial charge in [-0.2, -0.15) is 30.6 Å². The highest BCUT2D eigenvalue weighted by molar-refractivity contribution is 7.89. The molecule has 0 aliphatic heterocycles. The molecule has 1 atom stereocenters. The lowest BCUT2D eigenvalue weighted by Gasteiger charge is -2.21. The summed E-state index contributed by atoms with van der Waals surface area (Å²) in [6, 6.07) is -0.0413. The van der Waals surface area contributed by atoms with Crippen LogP contribution in [0, 0.1) is 0 Å². The summed E-state index contributed by atoms with van der Waals surface area (Å²) in [6.07, 6.45) is -11.9. The van der Waals surface area contributed by atoms with Gasteiger partial charge < -0.3 is 10.2 Å². The van der Waals surface area contributed by atoms with E-state index in [4.69, 9.17) is 5.11 Å². The Labute approximate surface area is 133 Å². The molecule has 2 N–H and O–H groups in total. The summed E-state index contributed by atoms with van der Waals surface area (Å²) in [5.41, 5.74) is -3.54. The van der Waals surface area contributed by atoms with Crippen LogP contribution in [0.1, 0.15) is 11.1 Å². The molecule has 0 aliphatic rings. The SMILES string of the molecule is CN(CC(O)CO)S(=O)(=O)c1cc(C(F)(F)F)cc(C(F)(F)F)c1. The van der Waals surface area contributed by atoms with Crippen molar-refractivity contribution in [3.8, 4) is 0 Å². The number of aliphatic hydroxyl groups is 2. The largest absolute Gasteiger partial charge is 0.416 e. The van der Waals surface area contributed by atoms with Gasteiger partial charge in [-0.1, -0.05) is 0 Å². The maximum absolute atomic E-state index is 12.7. The Morgan fingerprint density at radius 1 is 1.04 bits per heavy atom. The van der Waals surface area contributed by atoms with Crippen LogP contribution < -0.4 is 0 Å². The maximum atomic E-state index is 12.7. The summed E-state index contributed by atoms with van der Waals surface area (Å²) in [7, 11) is -3.90. The molecular weight excluding hydrogens is 368 g/mol. The second kappa shape index (κ2) is 6.86. The highest BCUT2D eigenvalue weighted by Gasteiger charge is 2.38.